The predicted molar refractivity (Wildman–Crippen MR) is 69.8 cm³/mol. The van der Waals surface area contributed by atoms with Gasteiger partial charge in [0.2, 0.25) is 0 Å². The molecule has 0 fully saturated rings. The molecule has 0 aliphatic carbocycles. The van der Waals surface area contributed by atoms with E-state index in [1.54, 1.807) is 12.1 Å². The number of rotatable bonds is 5. The average molecular weight is 295 g/mol. The summed E-state index contributed by atoms with van der Waals surface area (Å²) in [7, 11) is 1.33. The summed E-state index contributed by atoms with van der Waals surface area (Å²) in [5, 5.41) is 8.91. The summed E-state index contributed by atoms with van der Waals surface area (Å²) in [4.78, 5) is 14.8. The zero-order chi connectivity index (χ0) is 15.4. The molecule has 2 aromatic rings. The third-order valence-electron chi connectivity index (χ3n) is 2.64. The SMILES string of the molecule is COc1ccc(-c2cccc(C(=O)O)n2)cc1OC(F)F. The van der Waals surface area contributed by atoms with E-state index < -0.39 is 12.6 Å². The van der Waals surface area contributed by atoms with Gasteiger partial charge in [0.05, 0.1) is 12.8 Å². The van der Waals surface area contributed by atoms with Crippen molar-refractivity contribution in [2.24, 2.45) is 0 Å². The monoisotopic (exact) mass is 295 g/mol. The summed E-state index contributed by atoms with van der Waals surface area (Å²) in [5.41, 5.74) is 0.630. The number of methoxy groups -OCH3 is 1. The van der Waals surface area contributed by atoms with E-state index in [4.69, 9.17) is 9.84 Å². The van der Waals surface area contributed by atoms with Gasteiger partial charge in [-0.05, 0) is 30.3 Å². The predicted octanol–water partition coefficient (Wildman–Crippen LogP) is 3.06. The highest BCUT2D eigenvalue weighted by molar-refractivity contribution is 5.86. The normalized spacial score (nSPS) is 10.5. The molecule has 2 rings (SSSR count). The van der Waals surface area contributed by atoms with Gasteiger partial charge >= 0.3 is 12.6 Å². The van der Waals surface area contributed by atoms with Gasteiger partial charge in [-0.15, -0.1) is 0 Å². The molecule has 0 bridgehead atoms. The van der Waals surface area contributed by atoms with Crippen molar-refractivity contribution in [3.8, 4) is 22.8 Å². The highest BCUT2D eigenvalue weighted by Crippen LogP contribution is 2.33. The number of alkyl halides is 2. The van der Waals surface area contributed by atoms with E-state index in [-0.39, 0.29) is 17.2 Å². The Bertz CT molecular complexity index is 661. The van der Waals surface area contributed by atoms with Gasteiger partial charge in [-0.25, -0.2) is 9.78 Å². The summed E-state index contributed by atoms with van der Waals surface area (Å²) in [6.45, 7) is -2.99. The lowest BCUT2D eigenvalue weighted by atomic mass is 10.1. The lowest BCUT2D eigenvalue weighted by Crippen LogP contribution is -2.04. The summed E-state index contributed by atoms with van der Waals surface area (Å²) in [6.07, 6.45) is 0. The fraction of sp³-hybridized carbons (Fsp3) is 0.143. The molecule has 1 N–H and O–H groups in total. The first-order valence-electron chi connectivity index (χ1n) is 5.85. The largest absolute Gasteiger partial charge is 0.493 e. The van der Waals surface area contributed by atoms with Crippen molar-refractivity contribution >= 4 is 5.97 Å². The van der Waals surface area contributed by atoms with Gasteiger partial charge in [0, 0.05) is 5.56 Å². The molecule has 0 amide bonds. The minimum Gasteiger partial charge on any atom is -0.493 e. The summed E-state index contributed by atoms with van der Waals surface area (Å²) in [6, 6.07) is 8.77. The fourth-order valence-corrected chi connectivity index (χ4v) is 1.74. The second-order valence-corrected chi connectivity index (χ2v) is 3.96. The second-order valence-electron chi connectivity index (χ2n) is 3.96. The molecule has 7 heteroatoms. The summed E-state index contributed by atoms with van der Waals surface area (Å²) >= 11 is 0. The van der Waals surface area contributed by atoms with Crippen LogP contribution in [0.25, 0.3) is 11.3 Å². The van der Waals surface area contributed by atoms with E-state index >= 15 is 0 Å². The van der Waals surface area contributed by atoms with E-state index in [1.807, 2.05) is 0 Å². The Morgan fingerprint density at radius 3 is 2.62 bits per heavy atom. The molecule has 0 aliphatic heterocycles. The van der Waals surface area contributed by atoms with Gasteiger partial charge < -0.3 is 14.6 Å². The smallest absolute Gasteiger partial charge is 0.387 e. The maximum absolute atomic E-state index is 12.4. The van der Waals surface area contributed by atoms with Crippen molar-refractivity contribution in [1.82, 2.24) is 4.98 Å². The van der Waals surface area contributed by atoms with Crippen LogP contribution in [-0.2, 0) is 0 Å². The summed E-state index contributed by atoms with van der Waals surface area (Å²) in [5.74, 6) is -1.17. The molecule has 0 spiro atoms. The molecular weight excluding hydrogens is 284 g/mol. The molecule has 0 atom stereocenters. The van der Waals surface area contributed by atoms with Crippen LogP contribution in [0.5, 0.6) is 11.5 Å². The molecule has 0 aliphatic rings. The second kappa shape index (κ2) is 6.17. The van der Waals surface area contributed by atoms with Crippen molar-refractivity contribution in [1.29, 1.82) is 0 Å². The quantitative estimate of drug-likeness (QED) is 0.918. The number of carbonyl (C=O) groups is 1. The minimum absolute atomic E-state index is 0.139. The van der Waals surface area contributed by atoms with Crippen LogP contribution < -0.4 is 9.47 Å². The molecule has 5 nitrogen and oxygen atoms in total. The number of hydrogen-bond acceptors (Lipinski definition) is 4. The Balaban J connectivity index is 2.44. The van der Waals surface area contributed by atoms with Crippen LogP contribution in [0.4, 0.5) is 8.78 Å². The van der Waals surface area contributed by atoms with Crippen molar-refractivity contribution in [2.75, 3.05) is 7.11 Å². The number of aromatic nitrogens is 1. The third kappa shape index (κ3) is 3.44. The number of halogens is 2. The van der Waals surface area contributed by atoms with E-state index in [0.717, 1.165) is 0 Å². The molecule has 0 radical (unpaired) electrons. The van der Waals surface area contributed by atoms with Crippen LogP contribution in [0, 0.1) is 0 Å². The Kier molecular flexibility index (Phi) is 4.32. The average Bonchev–Trinajstić information content (AvgIpc) is 2.46. The first kappa shape index (κ1) is 14.7. The Morgan fingerprint density at radius 2 is 2.00 bits per heavy atom. The number of pyridine rings is 1. The van der Waals surface area contributed by atoms with Crippen LogP contribution in [0.15, 0.2) is 36.4 Å². The highest BCUT2D eigenvalue weighted by atomic mass is 19.3. The van der Waals surface area contributed by atoms with Crippen molar-refractivity contribution in [2.45, 2.75) is 6.61 Å². The van der Waals surface area contributed by atoms with Crippen molar-refractivity contribution in [3.63, 3.8) is 0 Å². The maximum Gasteiger partial charge on any atom is 0.387 e. The molecule has 1 aromatic carbocycles. The molecule has 1 heterocycles. The van der Waals surface area contributed by atoms with Crippen LogP contribution in [-0.4, -0.2) is 29.8 Å². The lowest BCUT2D eigenvalue weighted by Gasteiger charge is -2.11. The van der Waals surface area contributed by atoms with Gasteiger partial charge in [-0.1, -0.05) is 6.07 Å². The van der Waals surface area contributed by atoms with E-state index in [1.165, 1.54) is 31.4 Å². The van der Waals surface area contributed by atoms with E-state index in [9.17, 15) is 13.6 Å². The number of carboxylic acid groups (broad SMARTS) is 1. The molecular formula is C14H11F2NO4. The number of benzene rings is 1. The maximum atomic E-state index is 12.4. The third-order valence-corrected chi connectivity index (χ3v) is 2.64. The molecule has 0 saturated carbocycles. The van der Waals surface area contributed by atoms with Crippen LogP contribution in [0.2, 0.25) is 0 Å². The Morgan fingerprint density at radius 1 is 1.24 bits per heavy atom. The van der Waals surface area contributed by atoms with Crippen molar-refractivity contribution in [3.05, 3.63) is 42.1 Å². The topological polar surface area (TPSA) is 68.7 Å². The van der Waals surface area contributed by atoms with Gasteiger partial charge in [-0.3, -0.25) is 0 Å². The van der Waals surface area contributed by atoms with Crippen LogP contribution in [0.1, 0.15) is 10.5 Å². The fourth-order valence-electron chi connectivity index (χ4n) is 1.74. The molecule has 1 aromatic heterocycles. The summed E-state index contributed by atoms with van der Waals surface area (Å²) < 4.78 is 34.0. The first-order chi connectivity index (χ1) is 10.0. The Labute approximate surface area is 118 Å². The number of aromatic carboxylic acids is 1. The van der Waals surface area contributed by atoms with Gasteiger partial charge in [0.25, 0.3) is 0 Å². The van der Waals surface area contributed by atoms with Crippen LogP contribution in [0.3, 0.4) is 0 Å². The standard InChI is InChI=1S/C14H11F2NO4/c1-20-11-6-5-8(7-12(11)21-14(15)16)9-3-2-4-10(17-9)13(18)19/h2-7,14H,1H3,(H,18,19). The van der Waals surface area contributed by atoms with Gasteiger partial charge in [0.1, 0.15) is 5.69 Å². The van der Waals surface area contributed by atoms with E-state index in [0.29, 0.717) is 11.3 Å². The minimum atomic E-state index is -2.99. The first-order valence-corrected chi connectivity index (χ1v) is 5.85. The molecule has 110 valence electrons. The number of ether oxygens (including phenoxy) is 2. The van der Waals surface area contributed by atoms with Gasteiger partial charge in [0.15, 0.2) is 11.5 Å². The molecule has 0 saturated heterocycles. The zero-order valence-electron chi connectivity index (χ0n) is 10.9. The number of carboxylic acids is 1. The highest BCUT2D eigenvalue weighted by Gasteiger charge is 2.13. The Hall–Kier alpha value is -2.70. The van der Waals surface area contributed by atoms with E-state index in [2.05, 4.69) is 9.72 Å². The van der Waals surface area contributed by atoms with Crippen molar-refractivity contribution < 1.29 is 28.2 Å². The zero-order valence-corrected chi connectivity index (χ0v) is 10.9. The molecule has 21 heavy (non-hydrogen) atoms. The number of nitrogens with zero attached hydrogens (tertiary/aromatic N) is 1. The van der Waals surface area contributed by atoms with Crippen LogP contribution >= 0.6 is 0 Å². The number of hydrogen-bond donors (Lipinski definition) is 1. The molecule has 0 unspecified atom stereocenters. The lowest BCUT2D eigenvalue weighted by molar-refractivity contribution is -0.0511. The van der Waals surface area contributed by atoms with Gasteiger partial charge in [-0.2, -0.15) is 8.78 Å².